The highest BCUT2D eigenvalue weighted by atomic mass is 16.8. The first-order chi connectivity index (χ1) is 7.31. The number of ether oxygens (including phenoxy) is 2. The average molecular weight is 228 g/mol. The highest BCUT2D eigenvalue weighted by Gasteiger charge is 2.49. The Kier molecular flexibility index (Phi) is 3.86. The second-order valence-corrected chi connectivity index (χ2v) is 4.88. The van der Waals surface area contributed by atoms with E-state index in [4.69, 9.17) is 9.47 Å². The summed E-state index contributed by atoms with van der Waals surface area (Å²) in [6.45, 7) is 7.23. The van der Waals surface area contributed by atoms with Crippen LogP contribution in [-0.2, 0) is 19.1 Å². The van der Waals surface area contributed by atoms with Gasteiger partial charge in [-0.3, -0.25) is 9.59 Å². The topological polar surface area (TPSA) is 52.6 Å². The molecule has 1 unspecified atom stereocenters. The Morgan fingerprint density at radius 2 is 1.88 bits per heavy atom. The predicted octanol–water partition coefficient (Wildman–Crippen LogP) is 1.86. The van der Waals surface area contributed by atoms with Gasteiger partial charge in [0, 0.05) is 6.42 Å². The van der Waals surface area contributed by atoms with Crippen molar-refractivity contribution >= 4 is 11.6 Å². The lowest BCUT2D eigenvalue weighted by Gasteiger charge is -2.22. The van der Waals surface area contributed by atoms with E-state index < -0.39 is 17.2 Å². The number of ketones is 2. The van der Waals surface area contributed by atoms with Crippen molar-refractivity contribution < 1.29 is 19.1 Å². The first kappa shape index (κ1) is 13.3. The Morgan fingerprint density at radius 1 is 1.25 bits per heavy atom. The molecule has 1 fully saturated rings. The summed E-state index contributed by atoms with van der Waals surface area (Å²) >= 11 is 0. The molecule has 0 radical (unpaired) electrons. The van der Waals surface area contributed by atoms with Crippen LogP contribution >= 0.6 is 0 Å². The van der Waals surface area contributed by atoms with Crippen LogP contribution in [0.2, 0.25) is 0 Å². The number of rotatable bonds is 5. The maximum Gasteiger partial charge on any atom is 0.232 e. The molecule has 0 saturated carbocycles. The molecular weight excluding hydrogens is 208 g/mol. The lowest BCUT2D eigenvalue weighted by molar-refractivity contribution is -0.171. The molecule has 1 aliphatic rings. The summed E-state index contributed by atoms with van der Waals surface area (Å²) in [6.07, 6.45) is 1.94. The SMILES string of the molecule is CCCCC(=O)C(=O)C1(C)COC(C)(C)O1. The average Bonchev–Trinajstić information content (AvgIpc) is 2.49. The van der Waals surface area contributed by atoms with Gasteiger partial charge in [-0.2, -0.15) is 0 Å². The molecule has 16 heavy (non-hydrogen) atoms. The summed E-state index contributed by atoms with van der Waals surface area (Å²) in [5.74, 6) is -1.60. The molecule has 1 saturated heterocycles. The fraction of sp³-hybridized carbons (Fsp3) is 0.833. The molecule has 0 bridgehead atoms. The molecule has 4 heteroatoms. The fourth-order valence-electron chi connectivity index (χ4n) is 1.77. The molecule has 0 aromatic rings. The minimum Gasteiger partial charge on any atom is -0.347 e. The van der Waals surface area contributed by atoms with E-state index in [1.807, 2.05) is 6.92 Å². The van der Waals surface area contributed by atoms with Crippen LogP contribution in [0.25, 0.3) is 0 Å². The second-order valence-electron chi connectivity index (χ2n) is 4.88. The summed E-state index contributed by atoms with van der Waals surface area (Å²) in [5, 5.41) is 0. The number of Topliss-reactive ketones (excluding diaryl/α,β-unsaturated/α-hetero) is 2. The Labute approximate surface area is 96.3 Å². The maximum absolute atomic E-state index is 11.9. The Morgan fingerprint density at radius 3 is 2.31 bits per heavy atom. The van der Waals surface area contributed by atoms with E-state index in [0.717, 1.165) is 12.8 Å². The molecule has 0 amide bonds. The third kappa shape index (κ3) is 2.89. The molecule has 0 aliphatic carbocycles. The number of unbranched alkanes of at least 4 members (excludes halogenated alkanes) is 1. The van der Waals surface area contributed by atoms with Crippen molar-refractivity contribution in [1.82, 2.24) is 0 Å². The van der Waals surface area contributed by atoms with Crippen LogP contribution < -0.4 is 0 Å². The van der Waals surface area contributed by atoms with Gasteiger partial charge in [0.05, 0.1) is 6.61 Å². The van der Waals surface area contributed by atoms with E-state index in [-0.39, 0.29) is 12.4 Å². The van der Waals surface area contributed by atoms with Crippen molar-refractivity contribution in [3.8, 4) is 0 Å². The van der Waals surface area contributed by atoms with Crippen LogP contribution in [0.1, 0.15) is 47.0 Å². The summed E-state index contributed by atoms with van der Waals surface area (Å²) in [7, 11) is 0. The standard InChI is InChI=1S/C12H20O4/c1-5-6-7-9(13)10(14)12(4)8-15-11(2,3)16-12/h5-8H2,1-4H3. The largest absolute Gasteiger partial charge is 0.347 e. The van der Waals surface area contributed by atoms with Crippen LogP contribution in [0.15, 0.2) is 0 Å². The van der Waals surface area contributed by atoms with Gasteiger partial charge in [-0.25, -0.2) is 0 Å². The molecule has 1 aliphatic heterocycles. The van der Waals surface area contributed by atoms with E-state index in [0.29, 0.717) is 6.42 Å². The number of hydrogen-bond acceptors (Lipinski definition) is 4. The number of hydrogen-bond donors (Lipinski definition) is 0. The molecule has 1 rings (SSSR count). The van der Waals surface area contributed by atoms with Crippen molar-refractivity contribution in [3.05, 3.63) is 0 Å². The quantitative estimate of drug-likeness (QED) is 0.674. The first-order valence-corrected chi connectivity index (χ1v) is 5.72. The van der Waals surface area contributed by atoms with Gasteiger partial charge < -0.3 is 9.47 Å². The number of carbonyl (C=O) groups is 2. The molecular formula is C12H20O4. The van der Waals surface area contributed by atoms with Crippen LogP contribution in [0.5, 0.6) is 0 Å². The van der Waals surface area contributed by atoms with Crippen LogP contribution in [0, 0.1) is 0 Å². The Hall–Kier alpha value is -0.740. The lowest BCUT2D eigenvalue weighted by Crippen LogP contribution is -2.43. The van der Waals surface area contributed by atoms with Crippen molar-refractivity contribution in [3.63, 3.8) is 0 Å². The van der Waals surface area contributed by atoms with E-state index in [1.165, 1.54) is 0 Å². The van der Waals surface area contributed by atoms with Crippen molar-refractivity contribution in [2.45, 2.75) is 58.3 Å². The van der Waals surface area contributed by atoms with Gasteiger partial charge in [0.1, 0.15) is 0 Å². The van der Waals surface area contributed by atoms with Gasteiger partial charge in [0.2, 0.25) is 11.6 Å². The summed E-state index contributed by atoms with van der Waals surface area (Å²) < 4.78 is 10.8. The van der Waals surface area contributed by atoms with Crippen LogP contribution in [0.4, 0.5) is 0 Å². The molecule has 1 atom stereocenters. The van der Waals surface area contributed by atoms with Crippen molar-refractivity contribution in [1.29, 1.82) is 0 Å². The molecule has 0 aromatic carbocycles. The summed E-state index contributed by atoms with van der Waals surface area (Å²) in [6, 6.07) is 0. The highest BCUT2D eigenvalue weighted by molar-refractivity contribution is 6.40. The van der Waals surface area contributed by atoms with Crippen molar-refractivity contribution in [2.24, 2.45) is 0 Å². The summed E-state index contributed by atoms with van der Waals surface area (Å²) in [5.41, 5.74) is -1.10. The number of carbonyl (C=O) groups excluding carboxylic acids is 2. The van der Waals surface area contributed by atoms with Gasteiger partial charge in [0.25, 0.3) is 0 Å². The van der Waals surface area contributed by atoms with Crippen LogP contribution in [-0.4, -0.2) is 29.6 Å². The molecule has 1 heterocycles. The third-order valence-corrected chi connectivity index (χ3v) is 2.66. The van der Waals surface area contributed by atoms with Crippen LogP contribution in [0.3, 0.4) is 0 Å². The molecule has 0 spiro atoms. The molecule has 92 valence electrons. The van der Waals surface area contributed by atoms with Gasteiger partial charge in [-0.15, -0.1) is 0 Å². The zero-order valence-electron chi connectivity index (χ0n) is 10.5. The van der Waals surface area contributed by atoms with Gasteiger partial charge >= 0.3 is 0 Å². The highest BCUT2D eigenvalue weighted by Crippen LogP contribution is 2.31. The van der Waals surface area contributed by atoms with E-state index >= 15 is 0 Å². The minimum atomic E-state index is -1.10. The van der Waals surface area contributed by atoms with E-state index in [9.17, 15) is 9.59 Å². The minimum absolute atomic E-state index is 0.150. The second kappa shape index (κ2) is 4.63. The summed E-state index contributed by atoms with van der Waals surface area (Å²) in [4.78, 5) is 23.5. The maximum atomic E-state index is 11.9. The molecule has 0 N–H and O–H groups in total. The third-order valence-electron chi connectivity index (χ3n) is 2.66. The Bertz CT molecular complexity index is 295. The van der Waals surface area contributed by atoms with E-state index in [2.05, 4.69) is 0 Å². The molecule has 4 nitrogen and oxygen atoms in total. The predicted molar refractivity (Wildman–Crippen MR) is 59.1 cm³/mol. The smallest absolute Gasteiger partial charge is 0.232 e. The first-order valence-electron chi connectivity index (χ1n) is 5.72. The van der Waals surface area contributed by atoms with Gasteiger partial charge in [-0.05, 0) is 27.2 Å². The zero-order chi connectivity index (χ0) is 12.4. The van der Waals surface area contributed by atoms with E-state index in [1.54, 1.807) is 20.8 Å². The zero-order valence-corrected chi connectivity index (χ0v) is 10.5. The fourth-order valence-corrected chi connectivity index (χ4v) is 1.77. The van der Waals surface area contributed by atoms with Crippen molar-refractivity contribution in [2.75, 3.05) is 6.61 Å². The molecule has 0 aromatic heterocycles. The normalized spacial score (nSPS) is 28.0. The van der Waals surface area contributed by atoms with Gasteiger partial charge in [0.15, 0.2) is 11.4 Å². The lowest BCUT2D eigenvalue weighted by atomic mass is 9.96. The Balaban J connectivity index is 2.64. The van der Waals surface area contributed by atoms with Gasteiger partial charge in [-0.1, -0.05) is 13.3 Å². The monoisotopic (exact) mass is 228 g/mol.